The molecule has 0 heterocycles. The number of carbonyl (C=O) groups is 1. The number of rotatable bonds is 13. The summed E-state index contributed by atoms with van der Waals surface area (Å²) >= 11 is 0. The summed E-state index contributed by atoms with van der Waals surface area (Å²) in [7, 11) is 1.89. The second-order valence-electron chi connectivity index (χ2n) is 14.6. The van der Waals surface area contributed by atoms with E-state index in [1.54, 1.807) is 0 Å². The Kier molecular flexibility index (Phi) is 15.7. The zero-order valence-electron chi connectivity index (χ0n) is 29.9. The maximum Gasteiger partial charge on any atom is 0.410 e. The highest BCUT2D eigenvalue weighted by Crippen LogP contribution is 2.37. The summed E-state index contributed by atoms with van der Waals surface area (Å²) in [5.74, 6) is 1.03. The van der Waals surface area contributed by atoms with Crippen LogP contribution >= 0.6 is 0 Å². The fourth-order valence-corrected chi connectivity index (χ4v) is 6.48. The molecule has 1 amide bonds. The fraction of sp³-hybridized carbons (Fsp3) is 0.650. The molecule has 0 bridgehead atoms. The SMILES string of the molecule is C=C(C)/C(C(=C)CCCN(CC(C)C)C(=O)OC(C)(C)C)=C(C(C)=NC)/C(=C\C(C)=C/C1CCCCC1)C1=CCCCCC1. The summed E-state index contributed by atoms with van der Waals surface area (Å²) < 4.78 is 5.73. The molecule has 246 valence electrons. The lowest BCUT2D eigenvalue weighted by atomic mass is 9.82. The van der Waals surface area contributed by atoms with Crippen molar-refractivity contribution in [1.82, 2.24) is 4.90 Å². The average Bonchev–Trinajstić information content (AvgIpc) is 3.22. The van der Waals surface area contributed by atoms with Crippen LogP contribution in [0.3, 0.4) is 0 Å². The van der Waals surface area contributed by atoms with E-state index in [9.17, 15) is 4.79 Å². The number of allylic oxidation sites excluding steroid dienone is 10. The molecular weight excluding hydrogens is 540 g/mol. The second-order valence-corrected chi connectivity index (χ2v) is 14.6. The maximum atomic E-state index is 13.0. The first-order valence-electron chi connectivity index (χ1n) is 17.3. The van der Waals surface area contributed by atoms with E-state index in [1.807, 2.05) is 32.7 Å². The summed E-state index contributed by atoms with van der Waals surface area (Å²) in [4.78, 5) is 19.6. The standard InChI is InChI=1S/C40H64N2O2/c1-29(2)28-42(39(43)44-40(8,9)10)25-19-20-32(6)37(30(3)4)38(33(7)41-11)36(35-23-17-12-13-18-24-35)27-31(5)26-34-21-15-14-16-22-34/h23,26-27,29,34H,3,6,12-22,24-25,28H2,1-2,4-5,7-11H3/b31-26-,36-27-,38-37-,41-33?. The topological polar surface area (TPSA) is 41.9 Å². The van der Waals surface area contributed by atoms with Crippen LogP contribution in [-0.2, 0) is 4.74 Å². The van der Waals surface area contributed by atoms with Crippen molar-refractivity contribution in [1.29, 1.82) is 0 Å². The zero-order valence-corrected chi connectivity index (χ0v) is 29.9. The number of carbonyl (C=O) groups excluding carboxylic acids is 1. The summed E-state index contributed by atoms with van der Waals surface area (Å²) in [6, 6.07) is 0. The normalized spacial score (nSPS) is 18.4. The van der Waals surface area contributed by atoms with E-state index in [-0.39, 0.29) is 6.09 Å². The van der Waals surface area contributed by atoms with Gasteiger partial charge in [-0.15, -0.1) is 0 Å². The van der Waals surface area contributed by atoms with E-state index in [4.69, 9.17) is 9.73 Å². The smallest absolute Gasteiger partial charge is 0.410 e. The number of nitrogens with zero attached hydrogens (tertiary/aromatic N) is 2. The van der Waals surface area contributed by atoms with E-state index in [0.717, 1.165) is 48.1 Å². The predicted octanol–water partition coefficient (Wildman–Crippen LogP) is 11.5. The van der Waals surface area contributed by atoms with Crippen LogP contribution in [0.4, 0.5) is 4.79 Å². The molecule has 0 radical (unpaired) electrons. The Hall–Kier alpha value is -2.62. The summed E-state index contributed by atoms with van der Waals surface area (Å²) in [5, 5.41) is 0. The quantitative estimate of drug-likeness (QED) is 0.155. The van der Waals surface area contributed by atoms with E-state index >= 15 is 0 Å². The number of ether oxygens (including phenoxy) is 1. The summed E-state index contributed by atoms with van der Waals surface area (Å²) in [6.07, 6.45) is 21.3. The largest absolute Gasteiger partial charge is 0.444 e. The molecule has 44 heavy (non-hydrogen) atoms. The molecule has 0 aromatic carbocycles. The fourth-order valence-electron chi connectivity index (χ4n) is 6.48. The van der Waals surface area contributed by atoms with Gasteiger partial charge in [-0.05, 0) is 127 Å². The van der Waals surface area contributed by atoms with E-state index < -0.39 is 5.60 Å². The molecule has 4 heteroatoms. The molecule has 0 N–H and O–H groups in total. The minimum absolute atomic E-state index is 0.243. The first-order valence-corrected chi connectivity index (χ1v) is 17.3. The van der Waals surface area contributed by atoms with Gasteiger partial charge in [0.05, 0.1) is 0 Å². The molecule has 1 fully saturated rings. The third-order valence-corrected chi connectivity index (χ3v) is 8.55. The van der Waals surface area contributed by atoms with Gasteiger partial charge < -0.3 is 9.64 Å². The van der Waals surface area contributed by atoms with Crippen molar-refractivity contribution in [2.45, 2.75) is 138 Å². The molecule has 0 aliphatic heterocycles. The Morgan fingerprint density at radius 3 is 2.30 bits per heavy atom. The molecule has 0 unspecified atom stereocenters. The Morgan fingerprint density at radius 2 is 1.70 bits per heavy atom. The highest BCUT2D eigenvalue weighted by Gasteiger charge is 2.24. The lowest BCUT2D eigenvalue weighted by Crippen LogP contribution is -2.39. The molecule has 2 aliphatic carbocycles. The molecule has 0 saturated heterocycles. The van der Waals surface area contributed by atoms with Crippen LogP contribution in [0, 0.1) is 11.8 Å². The van der Waals surface area contributed by atoms with Gasteiger partial charge in [0.1, 0.15) is 5.60 Å². The summed E-state index contributed by atoms with van der Waals surface area (Å²) in [5.41, 5.74) is 8.89. The van der Waals surface area contributed by atoms with Gasteiger partial charge >= 0.3 is 6.09 Å². The van der Waals surface area contributed by atoms with Crippen LogP contribution in [-0.4, -0.2) is 42.4 Å². The Labute approximate surface area is 271 Å². The molecule has 0 atom stereocenters. The van der Waals surface area contributed by atoms with Crippen LogP contribution in [0.25, 0.3) is 0 Å². The van der Waals surface area contributed by atoms with Gasteiger partial charge in [0.15, 0.2) is 0 Å². The Bertz CT molecular complexity index is 1150. The zero-order chi connectivity index (χ0) is 32.9. The first-order chi connectivity index (χ1) is 20.7. The van der Waals surface area contributed by atoms with Gasteiger partial charge in [-0.25, -0.2) is 4.79 Å². The van der Waals surface area contributed by atoms with Gasteiger partial charge in [-0.3, -0.25) is 4.99 Å². The Morgan fingerprint density at radius 1 is 1.05 bits per heavy atom. The van der Waals surface area contributed by atoms with Crippen LogP contribution in [0.5, 0.6) is 0 Å². The second kappa shape index (κ2) is 18.4. The average molecular weight is 605 g/mol. The highest BCUT2D eigenvalue weighted by molar-refractivity contribution is 6.05. The molecule has 0 aromatic heterocycles. The predicted molar refractivity (Wildman–Crippen MR) is 191 cm³/mol. The van der Waals surface area contributed by atoms with Crippen molar-refractivity contribution in [3.05, 3.63) is 70.4 Å². The van der Waals surface area contributed by atoms with Gasteiger partial charge in [0, 0.05) is 31.4 Å². The van der Waals surface area contributed by atoms with Gasteiger partial charge in [0.2, 0.25) is 0 Å². The van der Waals surface area contributed by atoms with Crippen molar-refractivity contribution in [3.8, 4) is 0 Å². The lowest BCUT2D eigenvalue weighted by molar-refractivity contribution is 0.0226. The number of amides is 1. The van der Waals surface area contributed by atoms with E-state index in [1.165, 1.54) is 73.7 Å². The first kappa shape index (κ1) is 37.6. The van der Waals surface area contributed by atoms with E-state index in [2.05, 4.69) is 66.0 Å². The minimum Gasteiger partial charge on any atom is -0.444 e. The minimum atomic E-state index is -0.517. The van der Waals surface area contributed by atoms with E-state index in [0.29, 0.717) is 24.9 Å². The number of hydrogen-bond acceptors (Lipinski definition) is 3. The van der Waals surface area contributed by atoms with Crippen molar-refractivity contribution in [3.63, 3.8) is 0 Å². The highest BCUT2D eigenvalue weighted by atomic mass is 16.6. The van der Waals surface area contributed by atoms with Crippen molar-refractivity contribution < 1.29 is 9.53 Å². The molecule has 0 spiro atoms. The third-order valence-electron chi connectivity index (χ3n) is 8.55. The number of hydrogen-bond donors (Lipinski definition) is 0. The molecule has 4 nitrogen and oxygen atoms in total. The van der Waals surface area contributed by atoms with Crippen LogP contribution in [0.15, 0.2) is 75.4 Å². The molecule has 0 aromatic rings. The van der Waals surface area contributed by atoms with Crippen molar-refractivity contribution >= 4 is 11.8 Å². The monoisotopic (exact) mass is 604 g/mol. The summed E-state index contributed by atoms with van der Waals surface area (Å²) in [6.45, 7) is 26.9. The molecule has 2 aliphatic rings. The van der Waals surface area contributed by atoms with Crippen LogP contribution in [0.2, 0.25) is 0 Å². The van der Waals surface area contributed by atoms with Gasteiger partial charge in [-0.2, -0.15) is 0 Å². The van der Waals surface area contributed by atoms with Crippen molar-refractivity contribution in [2.75, 3.05) is 20.1 Å². The third kappa shape index (κ3) is 12.8. The molecule has 2 rings (SSSR count). The maximum absolute atomic E-state index is 13.0. The van der Waals surface area contributed by atoms with Gasteiger partial charge in [0.25, 0.3) is 0 Å². The molecular formula is C40H64N2O2. The number of aliphatic imine (C=N–C) groups is 1. The Balaban J connectivity index is 2.52. The van der Waals surface area contributed by atoms with Crippen LogP contribution < -0.4 is 0 Å². The lowest BCUT2D eigenvalue weighted by Gasteiger charge is -2.29. The van der Waals surface area contributed by atoms with Gasteiger partial charge in [-0.1, -0.05) is 82.1 Å². The molecule has 1 saturated carbocycles. The van der Waals surface area contributed by atoms with Crippen molar-refractivity contribution in [2.24, 2.45) is 16.8 Å². The van der Waals surface area contributed by atoms with Crippen LogP contribution in [0.1, 0.15) is 132 Å².